The maximum absolute atomic E-state index is 13.9. The van der Waals surface area contributed by atoms with Gasteiger partial charge in [0.2, 0.25) is 0 Å². The molecule has 0 spiro atoms. The normalized spacial score (nSPS) is 18.8. The SMILES string of the molecule is Cc1nc2sc(C(=O)N[C@H]3CCc4nc(N5CCNCC5)ccc4C3)c(N)c2cc1F. The Balaban J connectivity index is 1.30. The van der Waals surface area contributed by atoms with Crippen LogP contribution in [-0.4, -0.2) is 48.1 Å². The first-order valence-corrected chi connectivity index (χ1v) is 11.4. The van der Waals surface area contributed by atoms with Crippen molar-refractivity contribution in [2.45, 2.75) is 32.2 Å². The molecule has 4 N–H and O–H groups in total. The van der Waals surface area contributed by atoms with E-state index in [1.165, 1.54) is 23.0 Å². The number of thiophene rings is 1. The zero-order chi connectivity index (χ0) is 21.5. The number of amides is 1. The average molecular weight is 441 g/mol. The highest BCUT2D eigenvalue weighted by molar-refractivity contribution is 7.21. The largest absolute Gasteiger partial charge is 0.397 e. The first kappa shape index (κ1) is 20.1. The van der Waals surface area contributed by atoms with Crippen molar-refractivity contribution in [1.29, 1.82) is 0 Å². The summed E-state index contributed by atoms with van der Waals surface area (Å²) in [6, 6.07) is 5.60. The number of nitrogens with zero attached hydrogens (tertiary/aromatic N) is 3. The zero-order valence-corrected chi connectivity index (χ0v) is 18.2. The molecule has 0 unspecified atom stereocenters. The Morgan fingerprint density at radius 2 is 2.13 bits per heavy atom. The Morgan fingerprint density at radius 1 is 1.32 bits per heavy atom. The van der Waals surface area contributed by atoms with Crippen LogP contribution in [0.15, 0.2) is 18.2 Å². The lowest BCUT2D eigenvalue weighted by molar-refractivity contribution is 0.0938. The molecule has 5 rings (SSSR count). The number of nitrogen functional groups attached to an aromatic ring is 1. The van der Waals surface area contributed by atoms with Gasteiger partial charge in [-0.1, -0.05) is 6.07 Å². The van der Waals surface area contributed by atoms with Crippen molar-refractivity contribution in [2.75, 3.05) is 36.8 Å². The van der Waals surface area contributed by atoms with Gasteiger partial charge in [0.25, 0.3) is 5.91 Å². The van der Waals surface area contributed by atoms with Gasteiger partial charge in [0.1, 0.15) is 21.3 Å². The van der Waals surface area contributed by atoms with Crippen molar-refractivity contribution < 1.29 is 9.18 Å². The number of aromatic nitrogens is 2. The third kappa shape index (κ3) is 3.83. The Morgan fingerprint density at radius 3 is 2.94 bits per heavy atom. The van der Waals surface area contributed by atoms with E-state index in [4.69, 9.17) is 10.7 Å². The summed E-state index contributed by atoms with van der Waals surface area (Å²) in [7, 11) is 0. The fraction of sp³-hybridized carbons (Fsp3) is 0.409. The molecule has 0 saturated carbocycles. The minimum absolute atomic E-state index is 0.0166. The molecule has 0 aromatic carbocycles. The quantitative estimate of drug-likeness (QED) is 0.579. The number of rotatable bonds is 3. The molecular formula is C22H25FN6OS. The molecule has 4 heterocycles. The first-order chi connectivity index (χ1) is 15.0. The van der Waals surface area contributed by atoms with Gasteiger partial charge in [-0.3, -0.25) is 4.79 Å². The number of aryl methyl sites for hydroxylation is 2. The van der Waals surface area contributed by atoms with Gasteiger partial charge in [-0.15, -0.1) is 11.3 Å². The van der Waals surface area contributed by atoms with Crippen molar-refractivity contribution in [3.8, 4) is 0 Å². The van der Waals surface area contributed by atoms with Gasteiger partial charge < -0.3 is 21.3 Å². The molecule has 1 amide bonds. The van der Waals surface area contributed by atoms with Crippen LogP contribution in [-0.2, 0) is 12.8 Å². The predicted octanol–water partition coefficient (Wildman–Crippen LogP) is 2.42. The van der Waals surface area contributed by atoms with Crippen LogP contribution < -0.4 is 21.3 Å². The Bertz CT molecular complexity index is 1160. The number of carbonyl (C=O) groups is 1. The predicted molar refractivity (Wildman–Crippen MR) is 121 cm³/mol. The minimum atomic E-state index is -0.416. The van der Waals surface area contributed by atoms with Gasteiger partial charge >= 0.3 is 0 Å². The topological polar surface area (TPSA) is 96.2 Å². The number of halogens is 1. The summed E-state index contributed by atoms with van der Waals surface area (Å²) in [5, 5.41) is 6.97. The van der Waals surface area contributed by atoms with Gasteiger partial charge in [-0.25, -0.2) is 14.4 Å². The summed E-state index contributed by atoms with van der Waals surface area (Å²) in [6.45, 7) is 5.51. The molecule has 3 aromatic heterocycles. The molecule has 0 radical (unpaired) electrons. The lowest BCUT2D eigenvalue weighted by atomic mass is 9.91. The molecule has 7 nitrogen and oxygen atoms in total. The van der Waals surface area contributed by atoms with Crippen molar-refractivity contribution >= 4 is 39.0 Å². The van der Waals surface area contributed by atoms with Crippen LogP contribution >= 0.6 is 11.3 Å². The van der Waals surface area contributed by atoms with Gasteiger partial charge in [0, 0.05) is 43.3 Å². The molecular weight excluding hydrogens is 415 g/mol. The lowest BCUT2D eigenvalue weighted by Crippen LogP contribution is -2.44. The monoisotopic (exact) mass is 440 g/mol. The summed E-state index contributed by atoms with van der Waals surface area (Å²) in [5.74, 6) is 0.397. The smallest absolute Gasteiger partial charge is 0.263 e. The molecule has 0 bridgehead atoms. The summed E-state index contributed by atoms with van der Waals surface area (Å²) in [5.41, 5.74) is 9.05. The second-order valence-corrected chi connectivity index (χ2v) is 9.18. The molecule has 3 aromatic rings. The first-order valence-electron chi connectivity index (χ1n) is 10.6. The highest BCUT2D eigenvalue weighted by atomic mass is 32.1. The number of carbonyl (C=O) groups excluding carboxylic acids is 1. The fourth-order valence-corrected chi connectivity index (χ4v) is 5.34. The minimum Gasteiger partial charge on any atom is -0.397 e. The number of piperazine rings is 1. The van der Waals surface area contributed by atoms with Gasteiger partial charge in [0.15, 0.2) is 0 Å². The lowest BCUT2D eigenvalue weighted by Gasteiger charge is -2.30. The summed E-state index contributed by atoms with van der Waals surface area (Å²) in [6.07, 6.45) is 2.40. The number of pyridine rings is 2. The van der Waals surface area contributed by atoms with Gasteiger partial charge in [-0.05, 0) is 43.9 Å². The van der Waals surface area contributed by atoms with E-state index in [1.807, 2.05) is 0 Å². The van der Waals surface area contributed by atoms with Crippen molar-refractivity contribution in [1.82, 2.24) is 20.6 Å². The maximum atomic E-state index is 13.9. The number of nitrogens with two attached hydrogens (primary N) is 1. The molecule has 2 aliphatic rings. The van der Waals surface area contributed by atoms with Crippen LogP contribution in [0.2, 0.25) is 0 Å². The second kappa shape index (κ2) is 8.05. The van der Waals surface area contributed by atoms with E-state index in [0.29, 0.717) is 26.5 Å². The molecule has 1 fully saturated rings. The number of hydrogen-bond donors (Lipinski definition) is 3. The van der Waals surface area contributed by atoms with Crippen molar-refractivity contribution in [3.63, 3.8) is 0 Å². The Kier molecular flexibility index (Phi) is 5.23. The number of fused-ring (bicyclic) bond motifs is 2. The van der Waals surface area contributed by atoms with E-state index in [2.05, 4.69) is 32.7 Å². The summed E-state index contributed by atoms with van der Waals surface area (Å²) < 4.78 is 13.9. The Labute approximate surface area is 183 Å². The number of nitrogens with one attached hydrogen (secondary N) is 2. The van der Waals surface area contributed by atoms with E-state index in [-0.39, 0.29) is 11.9 Å². The third-order valence-corrected chi connectivity index (χ3v) is 7.20. The molecule has 1 atom stereocenters. The van der Waals surface area contributed by atoms with Gasteiger partial charge in [0.05, 0.1) is 11.4 Å². The average Bonchev–Trinajstić information content (AvgIpc) is 3.10. The molecule has 162 valence electrons. The van der Waals surface area contributed by atoms with Gasteiger partial charge in [-0.2, -0.15) is 0 Å². The molecule has 1 aliphatic carbocycles. The van der Waals surface area contributed by atoms with E-state index in [0.717, 1.165) is 57.0 Å². The molecule has 1 saturated heterocycles. The van der Waals surface area contributed by atoms with E-state index in [9.17, 15) is 9.18 Å². The fourth-order valence-electron chi connectivity index (χ4n) is 4.32. The van der Waals surface area contributed by atoms with Crippen LogP contribution in [0.25, 0.3) is 10.2 Å². The van der Waals surface area contributed by atoms with Crippen LogP contribution in [0.4, 0.5) is 15.9 Å². The molecule has 31 heavy (non-hydrogen) atoms. The molecule has 1 aliphatic heterocycles. The van der Waals surface area contributed by atoms with E-state index in [1.54, 1.807) is 6.92 Å². The highest BCUT2D eigenvalue weighted by Gasteiger charge is 2.25. The number of hydrogen-bond acceptors (Lipinski definition) is 7. The van der Waals surface area contributed by atoms with Crippen LogP contribution in [0.5, 0.6) is 0 Å². The zero-order valence-electron chi connectivity index (χ0n) is 17.4. The van der Waals surface area contributed by atoms with E-state index < -0.39 is 5.82 Å². The molecule has 9 heteroatoms. The second-order valence-electron chi connectivity index (χ2n) is 8.18. The Hall–Kier alpha value is -2.78. The summed E-state index contributed by atoms with van der Waals surface area (Å²) >= 11 is 1.21. The maximum Gasteiger partial charge on any atom is 0.263 e. The third-order valence-electron chi connectivity index (χ3n) is 6.08. The van der Waals surface area contributed by atoms with Crippen LogP contribution in [0.3, 0.4) is 0 Å². The summed E-state index contributed by atoms with van der Waals surface area (Å²) in [4.78, 5) is 25.3. The highest BCUT2D eigenvalue weighted by Crippen LogP contribution is 2.33. The standard InChI is InChI=1S/C22H25FN6OS/c1-12-16(23)11-15-19(24)20(31-22(15)26-12)21(30)27-14-3-4-17-13(10-14)2-5-18(28-17)29-8-6-25-7-9-29/h2,5,11,14,25H,3-4,6-10,24H2,1H3,(H,27,30)/t14-/m0/s1. The van der Waals surface area contributed by atoms with Crippen molar-refractivity contribution in [3.05, 3.63) is 45.8 Å². The van der Waals surface area contributed by atoms with E-state index >= 15 is 0 Å². The number of anilines is 2. The van der Waals surface area contributed by atoms with Crippen LogP contribution in [0, 0.1) is 12.7 Å². The van der Waals surface area contributed by atoms with Crippen LogP contribution in [0.1, 0.15) is 33.0 Å². The van der Waals surface area contributed by atoms with Crippen molar-refractivity contribution in [2.24, 2.45) is 0 Å².